The topological polar surface area (TPSA) is 78.9 Å². The van der Waals surface area contributed by atoms with E-state index in [4.69, 9.17) is 14.2 Å². The van der Waals surface area contributed by atoms with Crippen molar-refractivity contribution in [2.45, 2.75) is 361 Å². The van der Waals surface area contributed by atoms with E-state index >= 15 is 0 Å². The molecule has 6 nitrogen and oxygen atoms in total. The van der Waals surface area contributed by atoms with Crippen LogP contribution >= 0.6 is 0 Å². The van der Waals surface area contributed by atoms with Crippen molar-refractivity contribution >= 4 is 17.9 Å². The van der Waals surface area contributed by atoms with E-state index in [1.54, 1.807) is 0 Å². The van der Waals surface area contributed by atoms with Crippen LogP contribution in [0.15, 0.2) is 97.2 Å². The largest absolute Gasteiger partial charge is 0.462 e. The Kier molecular flexibility index (Phi) is 67.7. The Balaban J connectivity index is 4.39. The number of hydrogen-bond donors (Lipinski definition) is 0. The van der Waals surface area contributed by atoms with Crippen LogP contribution < -0.4 is 0 Å². The van der Waals surface area contributed by atoms with Crippen molar-refractivity contribution in [3.05, 3.63) is 97.2 Å². The molecule has 0 heterocycles. The average molecular weight is 1160 g/mol. The van der Waals surface area contributed by atoms with Gasteiger partial charge in [-0.3, -0.25) is 14.4 Å². The lowest BCUT2D eigenvalue weighted by Crippen LogP contribution is -2.30. The minimum Gasteiger partial charge on any atom is -0.462 e. The van der Waals surface area contributed by atoms with Crippen molar-refractivity contribution in [1.82, 2.24) is 0 Å². The molecule has 0 rings (SSSR count). The van der Waals surface area contributed by atoms with Gasteiger partial charge in [0.15, 0.2) is 6.10 Å². The van der Waals surface area contributed by atoms with Gasteiger partial charge in [-0.25, -0.2) is 0 Å². The van der Waals surface area contributed by atoms with Crippen LogP contribution in [0, 0.1) is 0 Å². The van der Waals surface area contributed by atoms with E-state index in [0.717, 1.165) is 116 Å². The summed E-state index contributed by atoms with van der Waals surface area (Å²) in [5, 5.41) is 0. The molecule has 1 atom stereocenters. The van der Waals surface area contributed by atoms with Gasteiger partial charge in [0.25, 0.3) is 0 Å². The van der Waals surface area contributed by atoms with Gasteiger partial charge < -0.3 is 14.2 Å². The summed E-state index contributed by atoms with van der Waals surface area (Å²) in [6, 6.07) is 0. The second-order valence-corrected chi connectivity index (χ2v) is 23.8. The molecule has 6 heteroatoms. The Morgan fingerprint density at radius 1 is 0.253 bits per heavy atom. The molecular formula is C77H134O6. The fourth-order valence-corrected chi connectivity index (χ4v) is 10.2. The molecule has 0 aromatic rings. The van der Waals surface area contributed by atoms with Crippen molar-refractivity contribution in [3.8, 4) is 0 Å². The van der Waals surface area contributed by atoms with E-state index in [2.05, 4.69) is 118 Å². The maximum Gasteiger partial charge on any atom is 0.306 e. The third-order valence-corrected chi connectivity index (χ3v) is 15.6. The van der Waals surface area contributed by atoms with Crippen LogP contribution in [0.25, 0.3) is 0 Å². The number of ether oxygens (including phenoxy) is 3. The molecule has 0 aliphatic rings. The van der Waals surface area contributed by atoms with Crippen LogP contribution in [0.3, 0.4) is 0 Å². The lowest BCUT2D eigenvalue weighted by Gasteiger charge is -2.18. The Hall–Kier alpha value is -3.67. The fourth-order valence-electron chi connectivity index (χ4n) is 10.2. The lowest BCUT2D eigenvalue weighted by atomic mass is 10.0. The fraction of sp³-hybridized carbons (Fsp3) is 0.753. The molecular weight excluding hydrogens is 1020 g/mol. The first kappa shape index (κ1) is 79.3. The highest BCUT2D eigenvalue weighted by Gasteiger charge is 2.19. The van der Waals surface area contributed by atoms with Crippen LogP contribution in [0.1, 0.15) is 355 Å². The predicted molar refractivity (Wildman–Crippen MR) is 362 cm³/mol. The maximum atomic E-state index is 13.0. The molecule has 0 bridgehead atoms. The number of unbranched alkanes of at least 4 members (excludes halogenated alkanes) is 38. The molecule has 0 saturated heterocycles. The third-order valence-electron chi connectivity index (χ3n) is 15.6. The minimum atomic E-state index is -0.787. The van der Waals surface area contributed by atoms with E-state index in [0.29, 0.717) is 19.3 Å². The monoisotopic (exact) mass is 1160 g/mol. The smallest absolute Gasteiger partial charge is 0.306 e. The molecule has 0 saturated carbocycles. The van der Waals surface area contributed by atoms with Gasteiger partial charge in [-0.2, -0.15) is 0 Å². The predicted octanol–water partition coefficient (Wildman–Crippen LogP) is 24.8. The van der Waals surface area contributed by atoms with Gasteiger partial charge in [-0.15, -0.1) is 0 Å². The van der Waals surface area contributed by atoms with Gasteiger partial charge in [0.05, 0.1) is 0 Å². The van der Waals surface area contributed by atoms with Gasteiger partial charge in [0.2, 0.25) is 0 Å². The highest BCUT2D eigenvalue weighted by molar-refractivity contribution is 5.71. The number of esters is 3. The average Bonchev–Trinajstić information content (AvgIpc) is 3.50. The van der Waals surface area contributed by atoms with Crippen LogP contribution in [-0.2, 0) is 28.6 Å². The molecule has 0 amide bonds. The normalized spacial score (nSPS) is 12.7. The first-order chi connectivity index (χ1) is 41.0. The number of hydrogen-bond acceptors (Lipinski definition) is 6. The highest BCUT2D eigenvalue weighted by atomic mass is 16.6. The number of allylic oxidation sites excluding steroid dienone is 16. The lowest BCUT2D eigenvalue weighted by molar-refractivity contribution is -0.167. The summed E-state index contributed by atoms with van der Waals surface area (Å²) in [5.41, 5.74) is 0. The van der Waals surface area contributed by atoms with E-state index in [-0.39, 0.29) is 31.1 Å². The molecule has 0 fully saturated rings. The molecule has 0 aromatic carbocycles. The van der Waals surface area contributed by atoms with E-state index < -0.39 is 6.10 Å². The zero-order chi connectivity index (χ0) is 59.9. The number of rotatable bonds is 65. The van der Waals surface area contributed by atoms with Crippen molar-refractivity contribution in [2.24, 2.45) is 0 Å². The molecule has 0 spiro atoms. The second-order valence-electron chi connectivity index (χ2n) is 23.8. The summed E-state index contributed by atoms with van der Waals surface area (Å²) in [6.45, 7) is 6.54. The standard InChI is InChI=1S/C77H134O6/c1-4-7-10-13-16-19-22-25-28-31-34-36-37-38-39-41-43-46-49-52-55-58-61-64-67-70-76(79)82-73-74(72-81-75(78)69-66-63-60-57-54-51-48-45-42-33-30-27-24-21-18-15-12-9-6-3)83-77(80)71-68-65-62-59-56-53-50-47-44-40-35-32-29-26-23-20-17-14-11-8-5-2/h7,10,16,18-19,21,25,27-28,30,34,36,38-39,43,46,74H,4-6,8-9,11-15,17,20,22-24,26,29,31-33,35,37,40-42,44-45,47-73H2,1-3H3/b10-7-,19-16-,21-18-,28-25-,30-27-,36-34-,39-38-,46-43-. The molecule has 83 heavy (non-hydrogen) atoms. The van der Waals surface area contributed by atoms with Gasteiger partial charge in [0, 0.05) is 19.3 Å². The first-order valence-corrected chi connectivity index (χ1v) is 35.7. The van der Waals surface area contributed by atoms with Crippen LogP contribution in [0.4, 0.5) is 0 Å². The number of carbonyl (C=O) groups excluding carboxylic acids is 3. The Morgan fingerprint density at radius 2 is 0.470 bits per heavy atom. The molecule has 0 aliphatic carbocycles. The van der Waals surface area contributed by atoms with E-state index in [1.807, 2.05) is 0 Å². The van der Waals surface area contributed by atoms with Gasteiger partial charge in [-0.05, 0) is 103 Å². The summed E-state index contributed by atoms with van der Waals surface area (Å²) in [6.07, 6.45) is 95.6. The number of carbonyl (C=O) groups is 3. The van der Waals surface area contributed by atoms with E-state index in [1.165, 1.54) is 199 Å². The third kappa shape index (κ3) is 69.0. The van der Waals surface area contributed by atoms with Gasteiger partial charge >= 0.3 is 17.9 Å². The summed E-state index contributed by atoms with van der Waals surface area (Å²) in [7, 11) is 0. The molecule has 478 valence electrons. The quantitative estimate of drug-likeness (QED) is 0.0261. The van der Waals surface area contributed by atoms with E-state index in [9.17, 15) is 14.4 Å². The Labute approximate surface area is 515 Å². The highest BCUT2D eigenvalue weighted by Crippen LogP contribution is 2.18. The molecule has 0 radical (unpaired) electrons. The summed E-state index contributed by atoms with van der Waals surface area (Å²) in [5.74, 6) is -0.881. The Morgan fingerprint density at radius 3 is 0.759 bits per heavy atom. The van der Waals surface area contributed by atoms with Crippen molar-refractivity contribution in [1.29, 1.82) is 0 Å². The van der Waals surface area contributed by atoms with Gasteiger partial charge in [-0.1, -0.05) is 330 Å². The minimum absolute atomic E-state index is 0.0817. The summed E-state index contributed by atoms with van der Waals surface area (Å²) >= 11 is 0. The first-order valence-electron chi connectivity index (χ1n) is 35.7. The van der Waals surface area contributed by atoms with Gasteiger partial charge in [0.1, 0.15) is 13.2 Å². The molecule has 0 aromatic heterocycles. The van der Waals surface area contributed by atoms with Crippen LogP contribution in [-0.4, -0.2) is 37.2 Å². The zero-order valence-electron chi connectivity index (χ0n) is 54.9. The molecule has 0 N–H and O–H groups in total. The van der Waals surface area contributed by atoms with Crippen LogP contribution in [0.2, 0.25) is 0 Å². The molecule has 0 aliphatic heterocycles. The van der Waals surface area contributed by atoms with Crippen molar-refractivity contribution in [3.63, 3.8) is 0 Å². The van der Waals surface area contributed by atoms with Crippen molar-refractivity contribution < 1.29 is 28.6 Å². The summed E-state index contributed by atoms with van der Waals surface area (Å²) in [4.78, 5) is 38.5. The SMILES string of the molecule is CC/C=C\C/C=C\C/C=C\C/C=C\C/C=C\C/C=C\CCCCCCCCC(=O)OCC(COC(=O)CCCCCCCCCCC/C=C\C/C=C\CCCCC)OC(=O)CCCCCCCCCCCCCCCCCCCCCCC. The van der Waals surface area contributed by atoms with Crippen LogP contribution in [0.5, 0.6) is 0 Å². The van der Waals surface area contributed by atoms with Crippen molar-refractivity contribution in [2.75, 3.05) is 13.2 Å². The maximum absolute atomic E-state index is 13.0. The molecule has 1 unspecified atom stereocenters. The second kappa shape index (κ2) is 70.8. The zero-order valence-corrected chi connectivity index (χ0v) is 54.9. The Bertz CT molecular complexity index is 1610. The summed E-state index contributed by atoms with van der Waals surface area (Å²) < 4.78 is 17.0.